The summed E-state index contributed by atoms with van der Waals surface area (Å²) in [6, 6.07) is 13.8. The fourth-order valence-corrected chi connectivity index (χ4v) is 2.37. The molecule has 23 heavy (non-hydrogen) atoms. The zero-order valence-corrected chi connectivity index (χ0v) is 13.2. The van der Waals surface area contributed by atoms with Crippen molar-refractivity contribution >= 4 is 16.8 Å². The third-order valence-corrected chi connectivity index (χ3v) is 3.83. The van der Waals surface area contributed by atoms with Gasteiger partial charge in [-0.25, -0.2) is 4.98 Å². The van der Waals surface area contributed by atoms with Crippen LogP contribution < -0.4 is 9.64 Å². The Morgan fingerprint density at radius 3 is 2.65 bits per heavy atom. The maximum absolute atomic E-state index is 5.88. The Hall–Kier alpha value is -2.53. The van der Waals surface area contributed by atoms with Crippen LogP contribution in [0.5, 0.6) is 5.75 Å². The highest BCUT2D eigenvalue weighted by molar-refractivity contribution is 5.77. The molecule has 0 amide bonds. The largest absolute Gasteiger partial charge is 0.491 e. The predicted molar refractivity (Wildman–Crippen MR) is 89.0 cm³/mol. The van der Waals surface area contributed by atoms with E-state index in [9.17, 15) is 0 Å². The maximum atomic E-state index is 5.88. The summed E-state index contributed by atoms with van der Waals surface area (Å²) in [7, 11) is 4.03. The highest BCUT2D eigenvalue weighted by atomic mass is 16.6. The minimum atomic E-state index is 0.242. The summed E-state index contributed by atoms with van der Waals surface area (Å²) in [6.45, 7) is 1.37. The van der Waals surface area contributed by atoms with Gasteiger partial charge in [0.05, 0.1) is 6.61 Å². The molecule has 3 aromatic rings. The number of ether oxygens (including phenoxy) is 2. The Morgan fingerprint density at radius 1 is 1.17 bits per heavy atom. The summed E-state index contributed by atoms with van der Waals surface area (Å²) >= 11 is 0. The van der Waals surface area contributed by atoms with E-state index < -0.39 is 0 Å². The molecule has 2 aromatic carbocycles. The standard InChI is InChI=1S/C18H18N2O3/c1-20(2)13-5-3-12(4-6-13)18-19-16-8-7-14(9-17(16)23-18)21-10-15-11-22-15/h3-9,15H,10-11H2,1-2H3/t15-/m0/s1. The monoisotopic (exact) mass is 310 g/mol. The Bertz CT molecular complexity index is 820. The van der Waals surface area contributed by atoms with Crippen molar-refractivity contribution in [3.05, 3.63) is 42.5 Å². The molecule has 0 spiro atoms. The van der Waals surface area contributed by atoms with Gasteiger partial charge in [0.25, 0.3) is 0 Å². The SMILES string of the molecule is CN(C)c1ccc(-c2nc3ccc(OC[C@H]4CO4)cc3o2)cc1. The molecular formula is C18H18N2O3. The van der Waals surface area contributed by atoms with Gasteiger partial charge in [-0.1, -0.05) is 0 Å². The number of epoxide rings is 1. The van der Waals surface area contributed by atoms with Crippen molar-refractivity contribution in [2.24, 2.45) is 0 Å². The average molecular weight is 310 g/mol. The second kappa shape index (κ2) is 5.59. The summed E-state index contributed by atoms with van der Waals surface area (Å²) in [5, 5.41) is 0. The minimum absolute atomic E-state index is 0.242. The second-order valence-corrected chi connectivity index (χ2v) is 5.86. The van der Waals surface area contributed by atoms with E-state index in [1.807, 2.05) is 56.6 Å². The Kier molecular flexibility index (Phi) is 3.42. The van der Waals surface area contributed by atoms with Gasteiger partial charge in [0, 0.05) is 31.4 Å². The quantitative estimate of drug-likeness (QED) is 0.677. The first-order valence-corrected chi connectivity index (χ1v) is 7.62. The molecule has 5 nitrogen and oxygen atoms in total. The molecule has 0 aliphatic carbocycles. The van der Waals surface area contributed by atoms with E-state index in [1.165, 1.54) is 0 Å². The van der Waals surface area contributed by atoms with Crippen LogP contribution in [-0.4, -0.2) is 38.4 Å². The normalized spacial score (nSPS) is 16.5. The molecule has 2 heterocycles. The highest BCUT2D eigenvalue weighted by Crippen LogP contribution is 2.28. The van der Waals surface area contributed by atoms with Crippen molar-refractivity contribution in [3.8, 4) is 17.2 Å². The van der Waals surface area contributed by atoms with Crippen LogP contribution in [0.15, 0.2) is 46.9 Å². The Balaban J connectivity index is 1.59. The molecule has 5 heteroatoms. The van der Waals surface area contributed by atoms with E-state index in [4.69, 9.17) is 13.9 Å². The summed E-state index contributed by atoms with van der Waals surface area (Å²) < 4.78 is 16.7. The van der Waals surface area contributed by atoms with Crippen molar-refractivity contribution in [1.82, 2.24) is 4.98 Å². The first-order chi connectivity index (χ1) is 11.2. The van der Waals surface area contributed by atoms with Gasteiger partial charge in [-0.05, 0) is 36.4 Å². The summed E-state index contributed by atoms with van der Waals surface area (Å²) in [6.07, 6.45) is 0.242. The lowest BCUT2D eigenvalue weighted by molar-refractivity contribution is 0.263. The van der Waals surface area contributed by atoms with Gasteiger partial charge in [-0.3, -0.25) is 0 Å². The van der Waals surface area contributed by atoms with Gasteiger partial charge in [0.2, 0.25) is 5.89 Å². The Morgan fingerprint density at radius 2 is 1.96 bits per heavy atom. The molecule has 0 radical (unpaired) electrons. The minimum Gasteiger partial charge on any atom is -0.491 e. The van der Waals surface area contributed by atoms with Gasteiger partial charge >= 0.3 is 0 Å². The first-order valence-electron chi connectivity index (χ1n) is 7.62. The molecule has 1 saturated heterocycles. The number of aromatic nitrogens is 1. The number of rotatable bonds is 5. The fourth-order valence-electron chi connectivity index (χ4n) is 2.37. The van der Waals surface area contributed by atoms with Crippen LogP contribution >= 0.6 is 0 Å². The zero-order chi connectivity index (χ0) is 15.8. The number of hydrogen-bond acceptors (Lipinski definition) is 5. The lowest BCUT2D eigenvalue weighted by Gasteiger charge is -2.11. The number of oxazole rings is 1. The number of benzene rings is 2. The van der Waals surface area contributed by atoms with Gasteiger partial charge in [0.1, 0.15) is 24.0 Å². The number of anilines is 1. The van der Waals surface area contributed by atoms with Crippen molar-refractivity contribution in [1.29, 1.82) is 0 Å². The molecule has 118 valence electrons. The van der Waals surface area contributed by atoms with Crippen LogP contribution in [0.2, 0.25) is 0 Å². The molecule has 0 N–H and O–H groups in total. The molecule has 1 atom stereocenters. The molecule has 0 saturated carbocycles. The molecule has 1 aromatic heterocycles. The van der Waals surface area contributed by atoms with Crippen LogP contribution in [0.4, 0.5) is 5.69 Å². The zero-order valence-electron chi connectivity index (χ0n) is 13.2. The smallest absolute Gasteiger partial charge is 0.227 e. The van der Waals surface area contributed by atoms with Gasteiger partial charge < -0.3 is 18.8 Å². The van der Waals surface area contributed by atoms with E-state index in [0.29, 0.717) is 12.5 Å². The molecule has 4 rings (SSSR count). The highest BCUT2D eigenvalue weighted by Gasteiger charge is 2.23. The molecule has 1 aliphatic heterocycles. The first kappa shape index (κ1) is 14.1. The molecule has 0 unspecified atom stereocenters. The topological polar surface area (TPSA) is 51.0 Å². The average Bonchev–Trinajstić information content (AvgIpc) is 3.30. The lowest BCUT2D eigenvalue weighted by atomic mass is 10.2. The van der Waals surface area contributed by atoms with E-state index in [-0.39, 0.29) is 6.10 Å². The van der Waals surface area contributed by atoms with E-state index in [0.717, 1.165) is 34.7 Å². The van der Waals surface area contributed by atoms with Crippen LogP contribution in [0, 0.1) is 0 Å². The van der Waals surface area contributed by atoms with Crippen LogP contribution in [0.25, 0.3) is 22.6 Å². The molecular weight excluding hydrogens is 292 g/mol. The van der Waals surface area contributed by atoms with Crippen molar-refractivity contribution < 1.29 is 13.9 Å². The third-order valence-electron chi connectivity index (χ3n) is 3.83. The maximum Gasteiger partial charge on any atom is 0.227 e. The van der Waals surface area contributed by atoms with Crippen molar-refractivity contribution in [3.63, 3.8) is 0 Å². The predicted octanol–water partition coefficient (Wildman–Crippen LogP) is 3.34. The van der Waals surface area contributed by atoms with Gasteiger partial charge in [-0.2, -0.15) is 0 Å². The summed E-state index contributed by atoms with van der Waals surface area (Å²) in [5.41, 5.74) is 3.65. The Labute approximate surface area is 134 Å². The number of fused-ring (bicyclic) bond motifs is 1. The summed E-state index contributed by atoms with van der Waals surface area (Å²) in [5.74, 6) is 1.40. The van der Waals surface area contributed by atoms with Crippen molar-refractivity contribution in [2.45, 2.75) is 6.10 Å². The van der Waals surface area contributed by atoms with E-state index >= 15 is 0 Å². The van der Waals surface area contributed by atoms with Crippen LogP contribution in [0.3, 0.4) is 0 Å². The van der Waals surface area contributed by atoms with Gasteiger partial charge in [0.15, 0.2) is 5.58 Å². The molecule has 1 fully saturated rings. The lowest BCUT2D eigenvalue weighted by Crippen LogP contribution is -2.07. The number of hydrogen-bond donors (Lipinski definition) is 0. The van der Waals surface area contributed by atoms with E-state index in [1.54, 1.807) is 0 Å². The third kappa shape index (κ3) is 3.00. The van der Waals surface area contributed by atoms with E-state index in [2.05, 4.69) is 9.88 Å². The molecule has 0 bridgehead atoms. The van der Waals surface area contributed by atoms with Gasteiger partial charge in [-0.15, -0.1) is 0 Å². The molecule has 1 aliphatic rings. The van der Waals surface area contributed by atoms with Crippen LogP contribution in [0.1, 0.15) is 0 Å². The second-order valence-electron chi connectivity index (χ2n) is 5.86. The van der Waals surface area contributed by atoms with Crippen LogP contribution in [-0.2, 0) is 4.74 Å². The van der Waals surface area contributed by atoms with Crippen molar-refractivity contribution in [2.75, 3.05) is 32.2 Å². The fraction of sp³-hybridized carbons (Fsp3) is 0.278. The number of nitrogens with zero attached hydrogens (tertiary/aromatic N) is 2. The summed E-state index contributed by atoms with van der Waals surface area (Å²) in [4.78, 5) is 6.60.